The van der Waals surface area contributed by atoms with Crippen molar-refractivity contribution in [2.45, 2.75) is 17.7 Å². The molecule has 162 valence electrons. The number of carboxylic acids is 1. The molecule has 8 heteroatoms. The number of carbonyl (C=O) groups is 1. The van der Waals surface area contributed by atoms with Crippen LogP contribution in [0.5, 0.6) is 11.5 Å². The molecule has 0 fully saturated rings. The number of benzene rings is 3. The van der Waals surface area contributed by atoms with Crippen molar-refractivity contribution in [2.75, 3.05) is 17.9 Å². The number of hydrogen-bond acceptors (Lipinski definition) is 5. The second-order valence-corrected chi connectivity index (χ2v) is 8.32. The van der Waals surface area contributed by atoms with Gasteiger partial charge in [-0.1, -0.05) is 36.4 Å². The first-order valence-corrected chi connectivity index (χ1v) is 11.2. The van der Waals surface area contributed by atoms with Crippen LogP contribution in [0.15, 0.2) is 83.8 Å². The molecule has 0 heterocycles. The number of nitrogens with one attached hydrogen (secondary N) is 1. The molecule has 3 aromatic carbocycles. The summed E-state index contributed by atoms with van der Waals surface area (Å²) in [7, 11) is -3.64. The Morgan fingerprint density at radius 1 is 0.839 bits per heavy atom. The number of aryl methyl sites for hydroxylation is 1. The monoisotopic (exact) mass is 441 g/mol. The normalized spacial score (nSPS) is 11.0. The number of carboxylic acid groups (broad SMARTS) is 1. The van der Waals surface area contributed by atoms with E-state index in [4.69, 9.17) is 14.6 Å². The number of rotatable bonds is 11. The van der Waals surface area contributed by atoms with Crippen molar-refractivity contribution in [3.8, 4) is 11.5 Å². The van der Waals surface area contributed by atoms with Gasteiger partial charge in [-0.15, -0.1) is 0 Å². The molecular formula is C23H23NO6S. The molecule has 0 radical (unpaired) electrons. The summed E-state index contributed by atoms with van der Waals surface area (Å²) in [6, 6.07) is 22.0. The molecule has 0 atom stereocenters. The van der Waals surface area contributed by atoms with Gasteiger partial charge in [-0.2, -0.15) is 0 Å². The van der Waals surface area contributed by atoms with Crippen LogP contribution in [0.1, 0.15) is 12.0 Å². The summed E-state index contributed by atoms with van der Waals surface area (Å²) >= 11 is 0. The molecule has 0 spiro atoms. The summed E-state index contributed by atoms with van der Waals surface area (Å²) in [4.78, 5) is 11.0. The third-order valence-corrected chi connectivity index (χ3v) is 5.75. The lowest BCUT2D eigenvalue weighted by atomic mass is 10.1. The molecule has 0 aliphatic rings. The standard InChI is InChI=1S/C23H23NO6S/c25-23(26)15-10-18-6-4-5-9-22(18)30-17-16-29-20-13-11-19(12-14-20)24-31(27,28)21-7-2-1-3-8-21/h1-9,11-14,24H,10,15-17H2,(H,25,26). The Hall–Kier alpha value is -3.52. The molecule has 0 aromatic heterocycles. The number of para-hydroxylation sites is 1. The van der Waals surface area contributed by atoms with E-state index in [0.717, 1.165) is 5.56 Å². The van der Waals surface area contributed by atoms with Crippen molar-refractivity contribution in [3.05, 3.63) is 84.4 Å². The van der Waals surface area contributed by atoms with Crippen LogP contribution >= 0.6 is 0 Å². The maximum absolute atomic E-state index is 12.4. The van der Waals surface area contributed by atoms with Crippen molar-refractivity contribution in [1.29, 1.82) is 0 Å². The fourth-order valence-electron chi connectivity index (χ4n) is 2.84. The third-order valence-electron chi connectivity index (χ3n) is 4.35. The molecular weight excluding hydrogens is 418 g/mol. The van der Waals surface area contributed by atoms with Crippen LogP contribution in [-0.2, 0) is 21.2 Å². The van der Waals surface area contributed by atoms with Gasteiger partial charge < -0.3 is 14.6 Å². The first-order chi connectivity index (χ1) is 14.9. The number of hydrogen-bond donors (Lipinski definition) is 2. The van der Waals surface area contributed by atoms with Gasteiger partial charge in [0.1, 0.15) is 24.7 Å². The van der Waals surface area contributed by atoms with Crippen molar-refractivity contribution in [3.63, 3.8) is 0 Å². The number of aliphatic carboxylic acids is 1. The summed E-state index contributed by atoms with van der Waals surface area (Å²) in [5.41, 5.74) is 1.26. The molecule has 0 saturated heterocycles. The minimum atomic E-state index is -3.64. The third kappa shape index (κ3) is 6.75. The fraction of sp³-hybridized carbons (Fsp3) is 0.174. The van der Waals surface area contributed by atoms with Gasteiger partial charge in [-0.05, 0) is 54.4 Å². The van der Waals surface area contributed by atoms with Crippen LogP contribution in [0.3, 0.4) is 0 Å². The Bertz CT molecular complexity index is 1100. The number of sulfonamides is 1. The van der Waals surface area contributed by atoms with Crippen LogP contribution in [0.25, 0.3) is 0 Å². The Balaban J connectivity index is 1.49. The topological polar surface area (TPSA) is 102 Å². The minimum absolute atomic E-state index is 0.0389. The quantitative estimate of drug-likeness (QED) is 0.437. The highest BCUT2D eigenvalue weighted by molar-refractivity contribution is 7.92. The second kappa shape index (κ2) is 10.5. The van der Waals surface area contributed by atoms with Gasteiger partial charge in [-0.3, -0.25) is 9.52 Å². The summed E-state index contributed by atoms with van der Waals surface area (Å²) in [6.07, 6.45) is 0.434. The summed E-state index contributed by atoms with van der Waals surface area (Å²) in [5, 5.41) is 8.85. The van der Waals surface area contributed by atoms with Crippen molar-refractivity contribution in [2.24, 2.45) is 0 Å². The molecule has 0 bridgehead atoms. The van der Waals surface area contributed by atoms with Crippen LogP contribution in [0.4, 0.5) is 5.69 Å². The average Bonchev–Trinajstić information content (AvgIpc) is 2.77. The van der Waals surface area contributed by atoms with E-state index in [1.165, 1.54) is 12.1 Å². The first-order valence-electron chi connectivity index (χ1n) is 9.67. The van der Waals surface area contributed by atoms with Crippen LogP contribution in [-0.4, -0.2) is 32.7 Å². The molecule has 31 heavy (non-hydrogen) atoms. The zero-order valence-electron chi connectivity index (χ0n) is 16.7. The number of ether oxygens (including phenoxy) is 2. The van der Waals surface area contributed by atoms with E-state index in [2.05, 4.69) is 4.72 Å². The Morgan fingerprint density at radius 3 is 2.19 bits per heavy atom. The zero-order chi connectivity index (χ0) is 22.1. The highest BCUT2D eigenvalue weighted by atomic mass is 32.2. The highest BCUT2D eigenvalue weighted by Crippen LogP contribution is 2.21. The fourth-order valence-corrected chi connectivity index (χ4v) is 3.92. The van der Waals surface area contributed by atoms with Gasteiger partial charge in [0, 0.05) is 12.1 Å². The summed E-state index contributed by atoms with van der Waals surface area (Å²) in [5.74, 6) is 0.357. The van der Waals surface area contributed by atoms with Gasteiger partial charge in [0.25, 0.3) is 10.0 Å². The van der Waals surface area contributed by atoms with Gasteiger partial charge in [0.2, 0.25) is 0 Å². The van der Waals surface area contributed by atoms with Crippen molar-refractivity contribution < 1.29 is 27.8 Å². The molecule has 0 unspecified atom stereocenters. The zero-order valence-corrected chi connectivity index (χ0v) is 17.5. The maximum Gasteiger partial charge on any atom is 0.303 e. The maximum atomic E-state index is 12.4. The van der Waals surface area contributed by atoms with Crippen LogP contribution in [0, 0.1) is 0 Å². The molecule has 3 rings (SSSR count). The summed E-state index contributed by atoms with van der Waals surface area (Å²) < 4.78 is 38.6. The molecule has 0 aliphatic carbocycles. The molecule has 0 aliphatic heterocycles. The SMILES string of the molecule is O=C(O)CCc1ccccc1OCCOc1ccc(NS(=O)(=O)c2ccccc2)cc1. The molecule has 3 aromatic rings. The largest absolute Gasteiger partial charge is 0.490 e. The van der Waals surface area contributed by atoms with Gasteiger partial charge in [-0.25, -0.2) is 8.42 Å². The predicted molar refractivity (Wildman–Crippen MR) is 117 cm³/mol. The second-order valence-electron chi connectivity index (χ2n) is 6.64. The van der Waals surface area contributed by atoms with Crippen LogP contribution in [0.2, 0.25) is 0 Å². The lowest BCUT2D eigenvalue weighted by Gasteiger charge is -2.12. The molecule has 0 saturated carbocycles. The van der Waals surface area contributed by atoms with E-state index in [1.807, 2.05) is 18.2 Å². The van der Waals surface area contributed by atoms with Crippen molar-refractivity contribution in [1.82, 2.24) is 0 Å². The lowest BCUT2D eigenvalue weighted by Crippen LogP contribution is -2.13. The Kier molecular flexibility index (Phi) is 7.50. The summed E-state index contributed by atoms with van der Waals surface area (Å²) in [6.45, 7) is 0.564. The van der Waals surface area contributed by atoms with E-state index in [9.17, 15) is 13.2 Å². The Labute approximate surface area is 181 Å². The molecule has 7 nitrogen and oxygen atoms in total. The van der Waals surface area contributed by atoms with E-state index in [0.29, 0.717) is 23.6 Å². The van der Waals surface area contributed by atoms with E-state index < -0.39 is 16.0 Å². The van der Waals surface area contributed by atoms with E-state index in [1.54, 1.807) is 48.5 Å². The van der Waals surface area contributed by atoms with E-state index in [-0.39, 0.29) is 24.5 Å². The van der Waals surface area contributed by atoms with Gasteiger partial charge >= 0.3 is 5.97 Å². The molecule has 2 N–H and O–H groups in total. The Morgan fingerprint density at radius 2 is 1.48 bits per heavy atom. The smallest absolute Gasteiger partial charge is 0.303 e. The lowest BCUT2D eigenvalue weighted by molar-refractivity contribution is -0.136. The van der Waals surface area contributed by atoms with Crippen LogP contribution < -0.4 is 14.2 Å². The first kappa shape index (κ1) is 22.2. The highest BCUT2D eigenvalue weighted by Gasteiger charge is 2.13. The predicted octanol–water partition coefficient (Wildman–Crippen LogP) is 3.96. The average molecular weight is 442 g/mol. The number of anilines is 1. The molecule has 0 amide bonds. The van der Waals surface area contributed by atoms with Gasteiger partial charge in [0.05, 0.1) is 4.90 Å². The van der Waals surface area contributed by atoms with Gasteiger partial charge in [0.15, 0.2) is 0 Å². The van der Waals surface area contributed by atoms with Crippen molar-refractivity contribution >= 4 is 21.7 Å². The minimum Gasteiger partial charge on any atom is -0.490 e. The van der Waals surface area contributed by atoms with E-state index >= 15 is 0 Å².